The Morgan fingerprint density at radius 3 is 1.97 bits per heavy atom. The van der Waals surface area contributed by atoms with E-state index in [1.807, 2.05) is 12.1 Å². The molecule has 1 aliphatic rings. The van der Waals surface area contributed by atoms with Crippen LogP contribution in [0.1, 0.15) is 11.1 Å². The molecule has 1 aromatic heterocycles. The molecule has 7 rings (SSSR count). The van der Waals surface area contributed by atoms with E-state index in [0.29, 0.717) is 0 Å². The van der Waals surface area contributed by atoms with E-state index >= 15 is 0 Å². The smallest absolute Gasteiger partial charge is 0.152 e. The second kappa shape index (κ2) is 7.51. The summed E-state index contributed by atoms with van der Waals surface area (Å²) in [4.78, 5) is 2.35. The van der Waals surface area contributed by atoms with Crippen molar-refractivity contribution >= 4 is 38.9 Å². The minimum absolute atomic E-state index is 0.863. The summed E-state index contributed by atoms with van der Waals surface area (Å²) in [6.45, 7) is 4.25. The van der Waals surface area contributed by atoms with E-state index in [-0.39, 0.29) is 0 Å². The van der Waals surface area contributed by atoms with Gasteiger partial charge >= 0.3 is 0 Å². The van der Waals surface area contributed by atoms with Crippen LogP contribution < -0.4 is 9.64 Å². The average molecular weight is 453 g/mol. The maximum Gasteiger partial charge on any atom is 0.152 e. The van der Waals surface area contributed by atoms with Crippen molar-refractivity contribution < 1.29 is 4.74 Å². The summed E-state index contributed by atoms with van der Waals surface area (Å²) >= 11 is 0. The Bertz CT molecular complexity index is 1730. The maximum atomic E-state index is 6.49. The lowest BCUT2D eigenvalue weighted by Gasteiger charge is -2.33. The van der Waals surface area contributed by atoms with Gasteiger partial charge in [-0.3, -0.25) is 0 Å². The van der Waals surface area contributed by atoms with Gasteiger partial charge in [-0.15, -0.1) is 0 Å². The van der Waals surface area contributed by atoms with Crippen molar-refractivity contribution in [3.63, 3.8) is 0 Å². The van der Waals surface area contributed by atoms with Crippen LogP contribution in [0.25, 0.3) is 27.5 Å². The minimum Gasteiger partial charge on any atom is -0.453 e. The summed E-state index contributed by atoms with van der Waals surface area (Å²) in [6, 6.07) is 38.7. The van der Waals surface area contributed by atoms with E-state index in [1.165, 1.54) is 27.4 Å². The fraction of sp³-hybridized carbons (Fsp3) is 0.0625. The van der Waals surface area contributed by atoms with Crippen LogP contribution in [0.3, 0.4) is 0 Å². The Kier molecular flexibility index (Phi) is 4.27. The number of aryl methyl sites for hydroxylation is 2. The van der Waals surface area contributed by atoms with Gasteiger partial charge in [0.1, 0.15) is 0 Å². The molecule has 0 saturated carbocycles. The number of ether oxygens (including phenoxy) is 1. The van der Waals surface area contributed by atoms with Crippen LogP contribution >= 0.6 is 0 Å². The van der Waals surface area contributed by atoms with Gasteiger partial charge in [0.2, 0.25) is 0 Å². The number of aromatic nitrogens is 1. The van der Waals surface area contributed by atoms with Crippen LogP contribution in [-0.2, 0) is 0 Å². The van der Waals surface area contributed by atoms with E-state index in [1.54, 1.807) is 0 Å². The number of hydrogen-bond donors (Lipinski definition) is 0. The summed E-state index contributed by atoms with van der Waals surface area (Å²) in [5, 5.41) is 2.40. The van der Waals surface area contributed by atoms with Crippen molar-refractivity contribution in [1.29, 1.82) is 0 Å². The summed E-state index contributed by atoms with van der Waals surface area (Å²) in [7, 11) is 0. The first-order valence-corrected chi connectivity index (χ1v) is 12.0. The highest BCUT2D eigenvalue weighted by atomic mass is 16.5. The number of para-hydroxylation sites is 3. The van der Waals surface area contributed by atoms with Crippen molar-refractivity contribution in [3.8, 4) is 17.2 Å². The quantitative estimate of drug-likeness (QED) is 0.260. The van der Waals surface area contributed by atoms with Gasteiger partial charge in [0.15, 0.2) is 11.5 Å². The molecule has 3 heteroatoms. The molecule has 0 aliphatic carbocycles. The molecule has 0 bridgehead atoms. The first kappa shape index (κ1) is 19.9. The molecule has 168 valence electrons. The summed E-state index contributed by atoms with van der Waals surface area (Å²) in [6.07, 6.45) is 0. The number of nitrogens with zero attached hydrogens (tertiary/aromatic N) is 2. The maximum absolute atomic E-state index is 6.49. The molecule has 1 aliphatic heterocycles. The van der Waals surface area contributed by atoms with Crippen molar-refractivity contribution in [2.24, 2.45) is 0 Å². The molecule has 0 amide bonds. The monoisotopic (exact) mass is 452 g/mol. The summed E-state index contributed by atoms with van der Waals surface area (Å²) in [5.74, 6) is 1.73. The van der Waals surface area contributed by atoms with Gasteiger partial charge in [-0.05, 0) is 68.4 Å². The van der Waals surface area contributed by atoms with Gasteiger partial charge in [0, 0.05) is 22.1 Å². The molecule has 0 radical (unpaired) electrons. The highest BCUT2D eigenvalue weighted by molar-refractivity contribution is 6.18. The summed E-state index contributed by atoms with van der Waals surface area (Å²) in [5.41, 5.74) is 9.23. The Morgan fingerprint density at radius 1 is 0.543 bits per heavy atom. The zero-order chi connectivity index (χ0) is 23.5. The largest absolute Gasteiger partial charge is 0.453 e. The lowest BCUT2D eigenvalue weighted by Crippen LogP contribution is -2.16. The molecule has 0 N–H and O–H groups in total. The van der Waals surface area contributed by atoms with Crippen molar-refractivity contribution in [1.82, 2.24) is 4.57 Å². The third kappa shape index (κ3) is 2.98. The van der Waals surface area contributed by atoms with Gasteiger partial charge in [0.25, 0.3) is 0 Å². The van der Waals surface area contributed by atoms with Gasteiger partial charge in [-0.25, -0.2) is 0 Å². The molecule has 6 aromatic rings. The first-order chi connectivity index (χ1) is 17.2. The Hall–Kier alpha value is -4.50. The fourth-order valence-corrected chi connectivity index (χ4v) is 5.23. The van der Waals surface area contributed by atoms with Crippen LogP contribution in [0, 0.1) is 13.8 Å². The van der Waals surface area contributed by atoms with Crippen molar-refractivity contribution in [2.75, 3.05) is 4.90 Å². The Balaban J connectivity index is 1.61. The van der Waals surface area contributed by atoms with E-state index in [9.17, 15) is 0 Å². The Labute approximate surface area is 204 Å². The topological polar surface area (TPSA) is 17.4 Å². The zero-order valence-corrected chi connectivity index (χ0v) is 19.7. The number of hydrogen-bond acceptors (Lipinski definition) is 2. The van der Waals surface area contributed by atoms with Gasteiger partial charge in [-0.2, -0.15) is 0 Å². The Morgan fingerprint density at radius 2 is 1.20 bits per heavy atom. The molecule has 3 nitrogen and oxygen atoms in total. The number of benzene rings is 5. The van der Waals surface area contributed by atoms with Crippen molar-refractivity contribution in [3.05, 3.63) is 120 Å². The van der Waals surface area contributed by atoms with Crippen molar-refractivity contribution in [2.45, 2.75) is 13.8 Å². The lowest BCUT2D eigenvalue weighted by atomic mass is 10.0. The molecular weight excluding hydrogens is 428 g/mol. The molecule has 0 saturated heterocycles. The molecule has 0 atom stereocenters. The third-order valence-corrected chi connectivity index (χ3v) is 6.91. The van der Waals surface area contributed by atoms with Gasteiger partial charge in [0.05, 0.1) is 22.4 Å². The predicted octanol–water partition coefficient (Wildman–Crippen LogP) is 8.98. The lowest BCUT2D eigenvalue weighted by molar-refractivity contribution is 0.478. The first-order valence-electron chi connectivity index (χ1n) is 12.0. The van der Waals surface area contributed by atoms with E-state index < -0.39 is 0 Å². The average Bonchev–Trinajstić information content (AvgIpc) is 3.23. The number of anilines is 3. The van der Waals surface area contributed by atoms with E-state index in [2.05, 4.69) is 120 Å². The van der Waals surface area contributed by atoms with E-state index in [4.69, 9.17) is 4.74 Å². The summed E-state index contributed by atoms with van der Waals surface area (Å²) < 4.78 is 8.85. The predicted molar refractivity (Wildman–Crippen MR) is 145 cm³/mol. The van der Waals surface area contributed by atoms with Gasteiger partial charge < -0.3 is 14.2 Å². The molecule has 35 heavy (non-hydrogen) atoms. The number of fused-ring (bicyclic) bond motifs is 6. The van der Waals surface area contributed by atoms with E-state index in [0.717, 1.165) is 39.8 Å². The number of rotatable bonds is 2. The molecular formula is C32H24N2O. The van der Waals surface area contributed by atoms with Crippen LogP contribution in [0.5, 0.6) is 11.5 Å². The molecule has 2 heterocycles. The molecule has 0 spiro atoms. The van der Waals surface area contributed by atoms with Crippen LogP contribution in [0.4, 0.5) is 17.1 Å². The fourth-order valence-electron chi connectivity index (χ4n) is 5.23. The SMILES string of the molecule is Cc1ccc(N2c3ccccc3Oc3ccc4c(c32)c2ccccc2n4-c2ccc(C)cc2)cc1. The molecule has 0 fully saturated rings. The normalized spacial score (nSPS) is 12.5. The second-order valence-electron chi connectivity index (χ2n) is 9.24. The molecule has 0 unspecified atom stereocenters. The molecule has 5 aromatic carbocycles. The second-order valence-corrected chi connectivity index (χ2v) is 9.24. The van der Waals surface area contributed by atoms with Crippen LogP contribution in [-0.4, -0.2) is 4.57 Å². The third-order valence-electron chi connectivity index (χ3n) is 6.91. The zero-order valence-electron chi connectivity index (χ0n) is 19.7. The minimum atomic E-state index is 0.863. The highest BCUT2D eigenvalue weighted by Crippen LogP contribution is 2.54. The van der Waals surface area contributed by atoms with Crippen LogP contribution in [0.15, 0.2) is 109 Å². The van der Waals surface area contributed by atoms with Gasteiger partial charge in [-0.1, -0.05) is 65.7 Å². The van der Waals surface area contributed by atoms with Crippen LogP contribution in [0.2, 0.25) is 0 Å². The highest BCUT2D eigenvalue weighted by Gasteiger charge is 2.30. The standard InChI is InChI=1S/C32H24N2O/c1-21-11-15-23(16-12-21)33-26-8-4-3-7-25(26)31-28(33)19-20-30-32(31)34(24-17-13-22(2)14-18-24)27-9-5-6-10-29(27)35-30/h3-20H,1-2H3.